The Kier molecular flexibility index (Phi) is 6.38. The van der Waals surface area contributed by atoms with Gasteiger partial charge < -0.3 is 25.0 Å². The molecule has 2 aliphatic heterocycles. The normalized spacial score (nSPS) is 26.6. The van der Waals surface area contributed by atoms with Gasteiger partial charge in [0.1, 0.15) is 5.82 Å². The molecule has 0 spiro atoms. The lowest BCUT2D eigenvalue weighted by molar-refractivity contribution is 0.0733. The molecule has 0 bridgehead atoms. The average Bonchev–Trinajstić information content (AvgIpc) is 2.73. The quantitative estimate of drug-likeness (QED) is 0.755. The minimum atomic E-state index is -2.75. The predicted molar refractivity (Wildman–Crippen MR) is 117 cm³/mol. The average molecular weight is 450 g/mol. The summed E-state index contributed by atoms with van der Waals surface area (Å²) in [6.45, 7) is 10.2. The summed E-state index contributed by atoms with van der Waals surface area (Å²) in [5, 5.41) is 0. The molecule has 2 aromatic rings. The minimum Gasteiger partial charge on any atom is -0.384 e. The van der Waals surface area contributed by atoms with Gasteiger partial charge >= 0.3 is 0 Å². The van der Waals surface area contributed by atoms with Crippen LogP contribution in [0.15, 0.2) is 12.3 Å². The van der Waals surface area contributed by atoms with Crippen molar-refractivity contribution in [3.05, 3.63) is 17.8 Å². The highest BCUT2D eigenvalue weighted by molar-refractivity contribution is 5.64. The van der Waals surface area contributed by atoms with Crippen molar-refractivity contribution >= 4 is 17.7 Å². The van der Waals surface area contributed by atoms with Gasteiger partial charge in [-0.3, -0.25) is 0 Å². The van der Waals surface area contributed by atoms with Gasteiger partial charge in [-0.05, 0) is 33.8 Å². The third-order valence-electron chi connectivity index (χ3n) is 5.84. The SMILES string of the molecule is C[C@@H]1COC[C@@H](C)N1c1nc(-c2cnc(N)cc2C(F)F)nc(N2[C@H](C)COC[C@H]2C)n1. The molecule has 4 atom stereocenters. The van der Waals surface area contributed by atoms with Crippen LogP contribution in [0.1, 0.15) is 39.7 Å². The molecule has 2 saturated heterocycles. The summed E-state index contributed by atoms with van der Waals surface area (Å²) in [5.41, 5.74) is 5.55. The molecule has 2 fully saturated rings. The number of morpholine rings is 2. The Bertz CT molecular complexity index is 899. The predicted octanol–water partition coefficient (Wildman–Crippen LogP) is 2.68. The standard InChI is InChI=1S/C21H29F2N7O2/c1-11-7-31-8-12(2)29(11)20-26-19(16-6-25-17(24)5-15(16)18(22)23)27-21(28-20)30-13(3)9-32-10-14(30)4/h5-6,11-14,18H,7-10H2,1-4H3,(H2,24,25)/t11-,12-,13-,14-/m1/s1. The molecule has 4 heterocycles. The van der Waals surface area contributed by atoms with E-state index in [1.165, 1.54) is 12.3 Å². The molecule has 0 radical (unpaired) electrons. The van der Waals surface area contributed by atoms with Crippen molar-refractivity contribution in [3.8, 4) is 11.4 Å². The lowest BCUT2D eigenvalue weighted by Gasteiger charge is -2.41. The Hall–Kier alpha value is -2.66. The van der Waals surface area contributed by atoms with Gasteiger partial charge in [0.15, 0.2) is 5.82 Å². The molecule has 9 nitrogen and oxygen atoms in total. The number of halogens is 2. The molecule has 2 aromatic heterocycles. The van der Waals surface area contributed by atoms with Crippen molar-refractivity contribution in [2.45, 2.75) is 58.3 Å². The van der Waals surface area contributed by atoms with Crippen LogP contribution in [0.3, 0.4) is 0 Å². The molecular weight excluding hydrogens is 420 g/mol. The van der Waals surface area contributed by atoms with E-state index in [0.29, 0.717) is 38.3 Å². The Morgan fingerprint density at radius 1 is 0.875 bits per heavy atom. The molecule has 2 aliphatic rings. The second kappa shape index (κ2) is 9.07. The van der Waals surface area contributed by atoms with Gasteiger partial charge in [-0.2, -0.15) is 15.0 Å². The van der Waals surface area contributed by atoms with Crippen molar-refractivity contribution in [2.24, 2.45) is 0 Å². The van der Waals surface area contributed by atoms with Crippen LogP contribution >= 0.6 is 0 Å². The van der Waals surface area contributed by atoms with E-state index in [2.05, 4.69) is 24.8 Å². The van der Waals surface area contributed by atoms with E-state index < -0.39 is 6.43 Å². The number of hydrogen-bond donors (Lipinski definition) is 1. The van der Waals surface area contributed by atoms with E-state index in [1.807, 2.05) is 27.7 Å². The number of aromatic nitrogens is 4. The summed E-state index contributed by atoms with van der Waals surface area (Å²) in [6, 6.07) is 1.23. The zero-order chi connectivity index (χ0) is 23.0. The van der Waals surface area contributed by atoms with Gasteiger partial charge in [0.05, 0.1) is 50.6 Å². The van der Waals surface area contributed by atoms with Crippen LogP contribution in [-0.4, -0.2) is 70.5 Å². The number of anilines is 3. The fourth-order valence-corrected chi connectivity index (χ4v) is 4.36. The molecule has 0 amide bonds. The second-order valence-electron chi connectivity index (χ2n) is 8.54. The monoisotopic (exact) mass is 449 g/mol. The molecular formula is C21H29F2N7O2. The topological polar surface area (TPSA) is 103 Å². The van der Waals surface area contributed by atoms with E-state index in [4.69, 9.17) is 20.2 Å². The van der Waals surface area contributed by atoms with Gasteiger partial charge in [0.25, 0.3) is 6.43 Å². The fourth-order valence-electron chi connectivity index (χ4n) is 4.36. The highest BCUT2D eigenvalue weighted by atomic mass is 19.3. The molecule has 0 aliphatic carbocycles. The maximum atomic E-state index is 13.8. The Morgan fingerprint density at radius 2 is 1.34 bits per heavy atom. The number of pyridine rings is 1. The maximum Gasteiger partial charge on any atom is 0.264 e. The van der Waals surface area contributed by atoms with Gasteiger partial charge in [-0.1, -0.05) is 0 Å². The molecule has 2 N–H and O–H groups in total. The van der Waals surface area contributed by atoms with Crippen LogP contribution < -0.4 is 15.5 Å². The Labute approximate surface area is 186 Å². The number of hydrogen-bond acceptors (Lipinski definition) is 9. The van der Waals surface area contributed by atoms with Crippen molar-refractivity contribution in [1.29, 1.82) is 0 Å². The lowest BCUT2D eigenvalue weighted by Crippen LogP contribution is -2.52. The summed E-state index contributed by atoms with van der Waals surface area (Å²) < 4.78 is 39.0. The van der Waals surface area contributed by atoms with E-state index in [9.17, 15) is 8.78 Å². The zero-order valence-electron chi connectivity index (χ0n) is 18.7. The molecule has 0 saturated carbocycles. The second-order valence-corrected chi connectivity index (χ2v) is 8.54. The molecule has 4 rings (SSSR count). The van der Waals surface area contributed by atoms with Crippen LogP contribution in [0.25, 0.3) is 11.4 Å². The summed E-state index contributed by atoms with van der Waals surface area (Å²) >= 11 is 0. The molecule has 0 unspecified atom stereocenters. The van der Waals surface area contributed by atoms with Crippen molar-refractivity contribution in [3.63, 3.8) is 0 Å². The van der Waals surface area contributed by atoms with Crippen LogP contribution in [0.2, 0.25) is 0 Å². The highest BCUT2D eigenvalue weighted by Crippen LogP contribution is 2.33. The summed E-state index contributed by atoms with van der Waals surface area (Å²) in [6.07, 6.45) is -1.45. The molecule has 11 heteroatoms. The third-order valence-corrected chi connectivity index (χ3v) is 5.84. The third kappa shape index (κ3) is 4.31. The van der Waals surface area contributed by atoms with E-state index in [0.717, 1.165) is 0 Å². The lowest BCUT2D eigenvalue weighted by atomic mass is 10.1. The molecule has 174 valence electrons. The minimum absolute atomic E-state index is 0.0144. The van der Waals surface area contributed by atoms with Crippen molar-refractivity contribution in [2.75, 3.05) is 42.0 Å². The van der Waals surface area contributed by atoms with Gasteiger partial charge in [-0.25, -0.2) is 13.8 Å². The molecule has 32 heavy (non-hydrogen) atoms. The van der Waals surface area contributed by atoms with Gasteiger partial charge in [-0.15, -0.1) is 0 Å². The van der Waals surface area contributed by atoms with Crippen molar-refractivity contribution in [1.82, 2.24) is 19.9 Å². The van der Waals surface area contributed by atoms with Crippen LogP contribution in [0.5, 0.6) is 0 Å². The maximum absolute atomic E-state index is 13.8. The first-order valence-electron chi connectivity index (χ1n) is 10.8. The zero-order valence-corrected chi connectivity index (χ0v) is 18.7. The smallest absolute Gasteiger partial charge is 0.264 e. The first-order valence-corrected chi connectivity index (χ1v) is 10.8. The Balaban J connectivity index is 1.89. The number of nitrogens with two attached hydrogens (primary N) is 1. The van der Waals surface area contributed by atoms with Crippen molar-refractivity contribution < 1.29 is 18.3 Å². The van der Waals surface area contributed by atoms with Gasteiger partial charge in [0, 0.05) is 17.3 Å². The summed E-state index contributed by atoms with van der Waals surface area (Å²) in [5.74, 6) is 1.02. The summed E-state index contributed by atoms with van der Waals surface area (Å²) in [7, 11) is 0. The first-order chi connectivity index (χ1) is 15.3. The highest BCUT2D eigenvalue weighted by Gasteiger charge is 2.33. The number of ether oxygens (including phenoxy) is 2. The molecule has 0 aromatic carbocycles. The number of alkyl halides is 2. The van der Waals surface area contributed by atoms with E-state index >= 15 is 0 Å². The van der Waals surface area contributed by atoms with E-state index in [-0.39, 0.29) is 46.9 Å². The van der Waals surface area contributed by atoms with E-state index in [1.54, 1.807) is 0 Å². The van der Waals surface area contributed by atoms with Gasteiger partial charge in [0.2, 0.25) is 11.9 Å². The van der Waals surface area contributed by atoms with Crippen LogP contribution in [0, 0.1) is 0 Å². The number of nitrogens with zero attached hydrogens (tertiary/aromatic N) is 6. The number of nitrogen functional groups attached to an aromatic ring is 1. The van der Waals surface area contributed by atoms with Crippen LogP contribution in [-0.2, 0) is 9.47 Å². The summed E-state index contributed by atoms with van der Waals surface area (Å²) in [4.78, 5) is 22.2. The first kappa shape index (κ1) is 22.5. The van der Waals surface area contributed by atoms with Crippen LogP contribution in [0.4, 0.5) is 26.5 Å². The number of rotatable bonds is 4. The Morgan fingerprint density at radius 3 is 1.78 bits per heavy atom. The fraction of sp³-hybridized carbons (Fsp3) is 0.619. The largest absolute Gasteiger partial charge is 0.384 e.